The second-order valence-electron chi connectivity index (χ2n) is 9.83. The predicted molar refractivity (Wildman–Crippen MR) is 133 cm³/mol. The lowest BCUT2D eigenvalue weighted by Crippen LogP contribution is -2.57. The van der Waals surface area contributed by atoms with Crippen LogP contribution in [0.3, 0.4) is 0 Å². The van der Waals surface area contributed by atoms with E-state index in [9.17, 15) is 19.6 Å². The van der Waals surface area contributed by atoms with Crippen LogP contribution in [0, 0.1) is 29.1 Å². The molecule has 0 aliphatic rings. The summed E-state index contributed by atoms with van der Waals surface area (Å²) >= 11 is 0. The van der Waals surface area contributed by atoms with E-state index in [4.69, 9.17) is 5.84 Å². The Labute approximate surface area is 206 Å². The number of rotatable bonds is 14. The summed E-state index contributed by atoms with van der Waals surface area (Å²) in [4.78, 5) is 44.5. The average Bonchev–Trinajstić information content (AvgIpc) is 3.34. The number of hydrazine groups is 1. The first-order valence-electron chi connectivity index (χ1n) is 11.9. The lowest BCUT2D eigenvalue weighted by Gasteiger charge is -2.43. The third kappa shape index (κ3) is 7.37. The van der Waals surface area contributed by atoms with Crippen molar-refractivity contribution >= 4 is 23.3 Å². The maximum Gasteiger partial charge on any atom is 0.248 e. The largest absolute Gasteiger partial charge is 0.384 e. The number of nitrogens with one attached hydrogen (secondary N) is 3. The number of para-hydroxylation sites is 1. The van der Waals surface area contributed by atoms with Gasteiger partial charge < -0.3 is 9.88 Å². The monoisotopic (exact) mass is 486 g/mol. The molecule has 0 saturated heterocycles. The van der Waals surface area contributed by atoms with Gasteiger partial charge in [0.15, 0.2) is 5.78 Å². The number of Topliss-reactive ketones (excluding diaryl/α,β-unsaturated/α-hetero) is 1. The van der Waals surface area contributed by atoms with E-state index >= 15 is 0 Å². The summed E-state index contributed by atoms with van der Waals surface area (Å²) < 4.78 is 1.63. The van der Waals surface area contributed by atoms with Crippen LogP contribution in [0.25, 0.3) is 0 Å². The molecule has 1 unspecified atom stereocenters. The van der Waals surface area contributed by atoms with Crippen LogP contribution in [0.5, 0.6) is 0 Å². The third-order valence-electron chi connectivity index (χ3n) is 6.19. The van der Waals surface area contributed by atoms with Gasteiger partial charge >= 0.3 is 0 Å². The van der Waals surface area contributed by atoms with Crippen molar-refractivity contribution < 1.29 is 19.6 Å². The van der Waals surface area contributed by atoms with Gasteiger partial charge in [0.2, 0.25) is 11.8 Å². The normalized spacial score (nSPS) is 14.7. The molecule has 0 spiro atoms. The molecule has 35 heavy (non-hydrogen) atoms. The molecule has 3 atom stereocenters. The Hall–Kier alpha value is -3.24. The first-order valence-corrected chi connectivity index (χ1v) is 11.9. The maximum absolute atomic E-state index is 14.1. The van der Waals surface area contributed by atoms with E-state index in [2.05, 4.69) is 15.7 Å². The summed E-state index contributed by atoms with van der Waals surface area (Å²) in [5, 5.41) is 13.1. The van der Waals surface area contributed by atoms with Crippen LogP contribution in [0.4, 0.5) is 5.69 Å². The highest BCUT2D eigenvalue weighted by Crippen LogP contribution is 2.43. The van der Waals surface area contributed by atoms with Crippen molar-refractivity contribution in [3.8, 4) is 0 Å². The number of hydrogen-bond donors (Lipinski definition) is 5. The summed E-state index contributed by atoms with van der Waals surface area (Å²) in [5.74, 6) is 1.79. The van der Waals surface area contributed by atoms with Crippen molar-refractivity contribution in [2.75, 3.05) is 11.9 Å². The van der Waals surface area contributed by atoms with Gasteiger partial charge in [-0.05, 0) is 36.8 Å². The molecule has 2 rings (SSSR count). The summed E-state index contributed by atoms with van der Waals surface area (Å²) in [5.41, 5.74) is 3.31. The summed E-state index contributed by atoms with van der Waals surface area (Å²) in [6.07, 6.45) is 5.36. The van der Waals surface area contributed by atoms with Crippen LogP contribution < -0.4 is 22.1 Å². The molecular formula is C25H38N6O4. The smallest absolute Gasteiger partial charge is 0.248 e. The lowest BCUT2D eigenvalue weighted by molar-refractivity contribution is -0.153. The molecular weight excluding hydrogens is 448 g/mol. The molecule has 10 nitrogen and oxygen atoms in total. The number of hydrogen-bond acceptors (Lipinski definition) is 7. The molecule has 2 amide bonds. The molecule has 1 heterocycles. The molecule has 0 radical (unpaired) electrons. The third-order valence-corrected chi connectivity index (χ3v) is 6.19. The second-order valence-corrected chi connectivity index (χ2v) is 9.83. The molecule has 0 aliphatic carbocycles. The number of nitrogens with two attached hydrogens (primary N) is 1. The van der Waals surface area contributed by atoms with Gasteiger partial charge in [-0.2, -0.15) is 0 Å². The van der Waals surface area contributed by atoms with E-state index in [-0.39, 0.29) is 30.7 Å². The number of ketones is 1. The summed E-state index contributed by atoms with van der Waals surface area (Å²) in [7, 11) is 0. The van der Waals surface area contributed by atoms with Crippen LogP contribution in [-0.4, -0.2) is 38.9 Å². The first kappa shape index (κ1) is 28.0. The van der Waals surface area contributed by atoms with Crippen LogP contribution >= 0.6 is 0 Å². The van der Waals surface area contributed by atoms with Gasteiger partial charge in [0.1, 0.15) is 0 Å². The van der Waals surface area contributed by atoms with Crippen molar-refractivity contribution in [2.45, 2.75) is 47.1 Å². The summed E-state index contributed by atoms with van der Waals surface area (Å²) in [6.45, 7) is 7.78. The number of aromatic nitrogens is 2. The van der Waals surface area contributed by atoms with Crippen molar-refractivity contribution in [2.24, 2.45) is 34.9 Å². The Morgan fingerprint density at radius 3 is 2.29 bits per heavy atom. The number of benzene rings is 1. The van der Waals surface area contributed by atoms with Gasteiger partial charge in [-0.25, -0.2) is 16.3 Å². The Balaban J connectivity index is 2.69. The highest BCUT2D eigenvalue weighted by molar-refractivity contribution is 5.95. The number of amides is 2. The second kappa shape index (κ2) is 13.0. The molecule has 0 bridgehead atoms. The molecule has 0 aliphatic heterocycles. The standard InChI is InChI=1S/C25H38N6O4/c1-17(2)12-20(23(33)29-26)22(24(34)30-35)25(13-18(3)4,15-28-19-8-6-5-7-9-19)21(32)14-31-11-10-27-16-31/h5-11,16-18,20,22,28,35H,12-15,26H2,1-4H3,(H,29,33)(H,30,34)/t20-,22-,25?/m1/s1. The maximum atomic E-state index is 14.1. The van der Waals surface area contributed by atoms with Crippen molar-refractivity contribution in [3.63, 3.8) is 0 Å². The zero-order valence-electron chi connectivity index (χ0n) is 20.9. The highest BCUT2D eigenvalue weighted by Gasteiger charge is 2.53. The van der Waals surface area contributed by atoms with Crippen LogP contribution in [0.1, 0.15) is 40.5 Å². The average molecular weight is 487 g/mol. The number of carbonyl (C=O) groups excluding carboxylic acids is 3. The fraction of sp³-hybridized carbons (Fsp3) is 0.520. The molecule has 1 aromatic carbocycles. The van der Waals surface area contributed by atoms with Gasteiger partial charge in [-0.3, -0.25) is 25.0 Å². The molecule has 0 fully saturated rings. The van der Waals surface area contributed by atoms with Gasteiger partial charge in [-0.1, -0.05) is 45.9 Å². The number of imidazole rings is 1. The Kier molecular flexibility index (Phi) is 10.4. The molecule has 2 aromatic rings. The van der Waals surface area contributed by atoms with E-state index in [1.54, 1.807) is 22.4 Å². The van der Waals surface area contributed by atoms with E-state index < -0.39 is 29.1 Å². The topological polar surface area (TPSA) is 151 Å². The Bertz CT molecular complexity index is 948. The van der Waals surface area contributed by atoms with Gasteiger partial charge in [0.05, 0.1) is 30.1 Å². The molecule has 0 saturated carbocycles. The number of carbonyl (C=O) groups is 3. The van der Waals surface area contributed by atoms with Gasteiger partial charge in [0, 0.05) is 24.6 Å². The zero-order chi connectivity index (χ0) is 26.0. The lowest BCUT2D eigenvalue weighted by atomic mass is 9.61. The SMILES string of the molecule is CC(C)C[C@@H](C(=O)NN)[C@H](C(=O)NO)C(CNc1ccccc1)(CC(C)C)C(=O)Cn1ccnc1. The molecule has 10 heteroatoms. The van der Waals surface area contributed by atoms with Crippen LogP contribution in [-0.2, 0) is 20.9 Å². The zero-order valence-corrected chi connectivity index (χ0v) is 20.9. The highest BCUT2D eigenvalue weighted by atomic mass is 16.5. The predicted octanol–water partition coefficient (Wildman–Crippen LogP) is 2.37. The quantitative estimate of drug-likeness (QED) is 0.119. The van der Waals surface area contributed by atoms with Crippen molar-refractivity contribution in [3.05, 3.63) is 49.1 Å². The van der Waals surface area contributed by atoms with E-state index in [1.165, 1.54) is 6.33 Å². The Morgan fingerprint density at radius 1 is 1.09 bits per heavy atom. The first-order chi connectivity index (χ1) is 16.6. The Morgan fingerprint density at radius 2 is 1.77 bits per heavy atom. The number of anilines is 1. The molecule has 1 aromatic heterocycles. The molecule has 6 N–H and O–H groups in total. The number of nitrogens with zero attached hydrogens (tertiary/aromatic N) is 2. The van der Waals surface area contributed by atoms with Gasteiger partial charge in [-0.15, -0.1) is 0 Å². The van der Waals surface area contributed by atoms with Gasteiger partial charge in [0.25, 0.3) is 0 Å². The van der Waals surface area contributed by atoms with E-state index in [0.717, 1.165) is 5.69 Å². The van der Waals surface area contributed by atoms with Crippen molar-refractivity contribution in [1.82, 2.24) is 20.5 Å². The minimum atomic E-state index is -1.35. The minimum absolute atomic E-state index is 0.00561. The molecule has 192 valence electrons. The minimum Gasteiger partial charge on any atom is -0.384 e. The van der Waals surface area contributed by atoms with Crippen LogP contribution in [0.15, 0.2) is 49.1 Å². The van der Waals surface area contributed by atoms with Crippen molar-refractivity contribution in [1.29, 1.82) is 0 Å². The van der Waals surface area contributed by atoms with E-state index in [1.807, 2.05) is 58.0 Å². The van der Waals surface area contributed by atoms with Crippen LogP contribution in [0.2, 0.25) is 0 Å². The fourth-order valence-corrected chi connectivity index (χ4v) is 4.84. The fourth-order valence-electron chi connectivity index (χ4n) is 4.84. The number of hydroxylamine groups is 1. The summed E-state index contributed by atoms with van der Waals surface area (Å²) in [6, 6.07) is 9.32. The van der Waals surface area contributed by atoms with E-state index in [0.29, 0.717) is 12.8 Å².